The zero-order chi connectivity index (χ0) is 12.7. The summed E-state index contributed by atoms with van der Waals surface area (Å²) in [6.07, 6.45) is 0. The highest BCUT2D eigenvalue weighted by molar-refractivity contribution is 5.94. The molecule has 0 saturated carbocycles. The van der Waals surface area contributed by atoms with Crippen molar-refractivity contribution >= 4 is 11.6 Å². The van der Waals surface area contributed by atoms with E-state index in [0.29, 0.717) is 19.7 Å². The van der Waals surface area contributed by atoms with Gasteiger partial charge in [0.2, 0.25) is 0 Å². The molecule has 4 nitrogen and oxygen atoms in total. The lowest BCUT2D eigenvalue weighted by molar-refractivity contribution is -0.122. The molecule has 0 unspecified atom stereocenters. The smallest absolute Gasteiger partial charge is 0.252 e. The SMILES string of the molecule is CCN(C(=O)COCCN)c1ccccc1C. The van der Waals surface area contributed by atoms with Gasteiger partial charge in [-0.05, 0) is 25.5 Å². The van der Waals surface area contributed by atoms with Crippen molar-refractivity contribution in [3.63, 3.8) is 0 Å². The van der Waals surface area contributed by atoms with Gasteiger partial charge in [0.25, 0.3) is 5.91 Å². The highest BCUT2D eigenvalue weighted by atomic mass is 16.5. The molecule has 0 bridgehead atoms. The van der Waals surface area contributed by atoms with E-state index in [1.807, 2.05) is 38.1 Å². The van der Waals surface area contributed by atoms with Crippen LogP contribution in [-0.4, -0.2) is 32.2 Å². The van der Waals surface area contributed by atoms with Gasteiger partial charge in [-0.1, -0.05) is 18.2 Å². The molecule has 0 spiro atoms. The molecule has 0 fully saturated rings. The van der Waals surface area contributed by atoms with E-state index in [1.165, 1.54) is 0 Å². The number of amides is 1. The van der Waals surface area contributed by atoms with Gasteiger partial charge in [0.05, 0.1) is 6.61 Å². The number of likely N-dealkylation sites (N-methyl/N-ethyl adjacent to an activating group) is 1. The highest BCUT2D eigenvalue weighted by Gasteiger charge is 2.15. The average Bonchev–Trinajstić information content (AvgIpc) is 2.33. The van der Waals surface area contributed by atoms with Crippen LogP contribution in [-0.2, 0) is 9.53 Å². The molecule has 1 rings (SSSR count). The predicted molar refractivity (Wildman–Crippen MR) is 69.1 cm³/mol. The number of hydrogen-bond acceptors (Lipinski definition) is 3. The number of rotatable bonds is 6. The van der Waals surface area contributed by atoms with E-state index >= 15 is 0 Å². The minimum atomic E-state index is -0.0322. The first kappa shape index (κ1) is 13.7. The van der Waals surface area contributed by atoms with Crippen molar-refractivity contribution in [3.8, 4) is 0 Å². The summed E-state index contributed by atoms with van der Waals surface area (Å²) < 4.78 is 5.17. The third kappa shape index (κ3) is 3.84. The van der Waals surface area contributed by atoms with Gasteiger partial charge in [0, 0.05) is 18.8 Å². The Hall–Kier alpha value is -1.39. The maximum atomic E-state index is 12.0. The number of anilines is 1. The van der Waals surface area contributed by atoms with E-state index in [9.17, 15) is 4.79 Å². The molecule has 94 valence electrons. The fourth-order valence-electron chi connectivity index (χ4n) is 1.67. The van der Waals surface area contributed by atoms with Crippen molar-refractivity contribution in [1.29, 1.82) is 0 Å². The maximum absolute atomic E-state index is 12.0. The topological polar surface area (TPSA) is 55.6 Å². The van der Waals surface area contributed by atoms with Crippen molar-refractivity contribution < 1.29 is 9.53 Å². The van der Waals surface area contributed by atoms with Gasteiger partial charge in [-0.25, -0.2) is 0 Å². The predicted octanol–water partition coefficient (Wildman–Crippen LogP) is 1.32. The molecule has 4 heteroatoms. The standard InChI is InChI=1S/C13H20N2O2/c1-3-15(13(16)10-17-9-8-14)12-7-5-4-6-11(12)2/h4-7H,3,8-10,14H2,1-2H3. The Bertz CT molecular complexity index is 366. The molecule has 0 aliphatic carbocycles. The van der Waals surface area contributed by atoms with Gasteiger partial charge in [-0.2, -0.15) is 0 Å². The molecule has 1 amide bonds. The van der Waals surface area contributed by atoms with Crippen molar-refractivity contribution in [3.05, 3.63) is 29.8 Å². The van der Waals surface area contributed by atoms with Crippen LogP contribution in [0, 0.1) is 6.92 Å². The maximum Gasteiger partial charge on any atom is 0.252 e. The Morgan fingerprint density at radius 2 is 2.12 bits per heavy atom. The summed E-state index contributed by atoms with van der Waals surface area (Å²) in [6, 6.07) is 7.83. The van der Waals surface area contributed by atoms with Gasteiger partial charge in [-0.3, -0.25) is 4.79 Å². The summed E-state index contributed by atoms with van der Waals surface area (Å²) in [5.41, 5.74) is 7.33. The van der Waals surface area contributed by atoms with Crippen LogP contribution in [0.2, 0.25) is 0 Å². The number of carbonyl (C=O) groups excluding carboxylic acids is 1. The fourth-order valence-corrected chi connectivity index (χ4v) is 1.67. The lowest BCUT2D eigenvalue weighted by Gasteiger charge is -2.22. The first-order valence-corrected chi connectivity index (χ1v) is 5.84. The summed E-state index contributed by atoms with van der Waals surface area (Å²) in [5.74, 6) is -0.0322. The number of nitrogens with two attached hydrogens (primary N) is 1. The summed E-state index contributed by atoms with van der Waals surface area (Å²) in [5, 5.41) is 0. The Morgan fingerprint density at radius 1 is 1.41 bits per heavy atom. The minimum Gasteiger partial charge on any atom is -0.370 e. The van der Waals surface area contributed by atoms with E-state index in [4.69, 9.17) is 10.5 Å². The van der Waals surface area contributed by atoms with Crippen molar-refractivity contribution in [2.45, 2.75) is 13.8 Å². The second-order valence-electron chi connectivity index (χ2n) is 3.77. The van der Waals surface area contributed by atoms with Gasteiger partial charge in [0.1, 0.15) is 6.61 Å². The fraction of sp³-hybridized carbons (Fsp3) is 0.462. The number of aryl methyl sites for hydroxylation is 1. The number of para-hydroxylation sites is 1. The van der Waals surface area contributed by atoms with Crippen LogP contribution in [0.25, 0.3) is 0 Å². The van der Waals surface area contributed by atoms with E-state index in [0.717, 1.165) is 11.3 Å². The molecule has 0 heterocycles. The van der Waals surface area contributed by atoms with Gasteiger partial charge in [0.15, 0.2) is 0 Å². The van der Waals surface area contributed by atoms with Crippen LogP contribution in [0.5, 0.6) is 0 Å². The minimum absolute atomic E-state index is 0.0322. The van der Waals surface area contributed by atoms with Crippen LogP contribution < -0.4 is 10.6 Å². The van der Waals surface area contributed by atoms with Crippen molar-refractivity contribution in [1.82, 2.24) is 0 Å². The highest BCUT2D eigenvalue weighted by Crippen LogP contribution is 2.19. The summed E-state index contributed by atoms with van der Waals surface area (Å²) in [7, 11) is 0. The second kappa shape index (κ2) is 7.04. The van der Waals surface area contributed by atoms with E-state index in [-0.39, 0.29) is 12.5 Å². The van der Waals surface area contributed by atoms with Gasteiger partial charge < -0.3 is 15.4 Å². The molecular weight excluding hydrogens is 216 g/mol. The monoisotopic (exact) mass is 236 g/mol. The molecule has 0 aliphatic heterocycles. The lowest BCUT2D eigenvalue weighted by Crippen LogP contribution is -2.34. The molecule has 2 N–H and O–H groups in total. The largest absolute Gasteiger partial charge is 0.370 e. The Kier molecular flexibility index (Phi) is 5.66. The molecule has 0 saturated heterocycles. The normalized spacial score (nSPS) is 10.3. The first-order chi connectivity index (χ1) is 8.20. The number of hydrogen-bond donors (Lipinski definition) is 1. The summed E-state index contributed by atoms with van der Waals surface area (Å²) >= 11 is 0. The molecular formula is C13H20N2O2. The number of ether oxygens (including phenoxy) is 1. The number of benzene rings is 1. The van der Waals surface area contributed by atoms with E-state index in [2.05, 4.69) is 0 Å². The molecule has 0 aromatic heterocycles. The van der Waals surface area contributed by atoms with Crippen LogP contribution >= 0.6 is 0 Å². The zero-order valence-corrected chi connectivity index (χ0v) is 10.5. The third-order valence-electron chi connectivity index (χ3n) is 2.51. The van der Waals surface area contributed by atoms with Gasteiger partial charge >= 0.3 is 0 Å². The Labute approximate surface area is 102 Å². The Morgan fingerprint density at radius 3 is 2.71 bits per heavy atom. The number of carbonyl (C=O) groups is 1. The molecule has 0 radical (unpaired) electrons. The van der Waals surface area contributed by atoms with Crippen molar-refractivity contribution in [2.75, 3.05) is 31.2 Å². The quantitative estimate of drug-likeness (QED) is 0.758. The zero-order valence-electron chi connectivity index (χ0n) is 10.5. The van der Waals surface area contributed by atoms with E-state index in [1.54, 1.807) is 4.90 Å². The molecule has 0 aliphatic rings. The second-order valence-corrected chi connectivity index (χ2v) is 3.77. The molecule has 1 aromatic rings. The summed E-state index contributed by atoms with van der Waals surface area (Å²) in [4.78, 5) is 13.7. The van der Waals surface area contributed by atoms with Crippen molar-refractivity contribution in [2.24, 2.45) is 5.73 Å². The number of nitrogens with zero attached hydrogens (tertiary/aromatic N) is 1. The molecule has 0 atom stereocenters. The average molecular weight is 236 g/mol. The lowest BCUT2D eigenvalue weighted by atomic mass is 10.2. The van der Waals surface area contributed by atoms with E-state index < -0.39 is 0 Å². The molecule has 1 aromatic carbocycles. The first-order valence-electron chi connectivity index (χ1n) is 5.84. The van der Waals surface area contributed by atoms with Crippen LogP contribution in [0.15, 0.2) is 24.3 Å². The van der Waals surface area contributed by atoms with Crippen LogP contribution in [0.3, 0.4) is 0 Å². The Balaban J connectivity index is 2.71. The third-order valence-corrected chi connectivity index (χ3v) is 2.51. The van der Waals surface area contributed by atoms with Crippen LogP contribution in [0.1, 0.15) is 12.5 Å². The molecule has 17 heavy (non-hydrogen) atoms. The van der Waals surface area contributed by atoms with Gasteiger partial charge in [-0.15, -0.1) is 0 Å². The van der Waals surface area contributed by atoms with Crippen LogP contribution in [0.4, 0.5) is 5.69 Å². The summed E-state index contributed by atoms with van der Waals surface area (Å²) in [6.45, 7) is 5.51.